The van der Waals surface area contributed by atoms with E-state index < -0.39 is 0 Å². The zero-order valence-corrected chi connectivity index (χ0v) is 8.90. The summed E-state index contributed by atoms with van der Waals surface area (Å²) >= 11 is 1.64. The number of aromatic nitrogens is 3. The Hall–Kier alpha value is -1.27. The van der Waals surface area contributed by atoms with Gasteiger partial charge in [0.25, 0.3) is 0 Å². The van der Waals surface area contributed by atoms with Crippen LogP contribution in [0.4, 0.5) is 5.13 Å². The zero-order chi connectivity index (χ0) is 10.1. The zero-order valence-electron chi connectivity index (χ0n) is 8.09. The molecule has 0 saturated carbocycles. The standard InChI is InChI=1S/C9H10N4OS/c1-3-14-4-2-13(1)9-12-8-7(15-9)5-10-6-11-8/h5-6H,1-4H2. The minimum Gasteiger partial charge on any atom is -0.378 e. The number of ether oxygens (including phenoxy) is 1. The van der Waals surface area contributed by atoms with Gasteiger partial charge in [-0.1, -0.05) is 11.3 Å². The lowest BCUT2D eigenvalue weighted by atomic mass is 10.5. The third kappa shape index (κ3) is 1.66. The lowest BCUT2D eigenvalue weighted by Crippen LogP contribution is -2.36. The summed E-state index contributed by atoms with van der Waals surface area (Å²) in [5.74, 6) is 0. The summed E-state index contributed by atoms with van der Waals surface area (Å²) in [6, 6.07) is 0. The Balaban J connectivity index is 1.96. The molecule has 78 valence electrons. The van der Waals surface area contributed by atoms with Crippen molar-refractivity contribution in [3.8, 4) is 0 Å². The highest BCUT2D eigenvalue weighted by atomic mass is 32.1. The fourth-order valence-electron chi connectivity index (χ4n) is 1.57. The Kier molecular flexibility index (Phi) is 2.22. The van der Waals surface area contributed by atoms with Gasteiger partial charge in [0.15, 0.2) is 10.8 Å². The Labute approximate surface area is 90.7 Å². The molecular formula is C9H10N4OS. The van der Waals surface area contributed by atoms with Crippen LogP contribution in [-0.2, 0) is 4.74 Å². The van der Waals surface area contributed by atoms with Crippen LogP contribution in [0.3, 0.4) is 0 Å². The SMILES string of the molecule is c1ncc2sc(N3CCOCC3)nc2n1. The van der Waals surface area contributed by atoms with E-state index in [1.54, 1.807) is 11.3 Å². The first kappa shape index (κ1) is 8.99. The Morgan fingerprint density at radius 2 is 2.20 bits per heavy atom. The van der Waals surface area contributed by atoms with Gasteiger partial charge in [0.05, 0.1) is 17.9 Å². The topological polar surface area (TPSA) is 51.1 Å². The first-order valence-electron chi connectivity index (χ1n) is 4.83. The average molecular weight is 222 g/mol. The van der Waals surface area contributed by atoms with Crippen LogP contribution in [0, 0.1) is 0 Å². The van der Waals surface area contributed by atoms with Crippen molar-refractivity contribution >= 4 is 26.8 Å². The van der Waals surface area contributed by atoms with Gasteiger partial charge < -0.3 is 9.64 Å². The van der Waals surface area contributed by atoms with E-state index in [1.165, 1.54) is 6.33 Å². The van der Waals surface area contributed by atoms with Crippen molar-refractivity contribution in [2.75, 3.05) is 31.2 Å². The lowest BCUT2D eigenvalue weighted by molar-refractivity contribution is 0.122. The smallest absolute Gasteiger partial charge is 0.188 e. The summed E-state index contributed by atoms with van der Waals surface area (Å²) in [5, 5.41) is 1.02. The van der Waals surface area contributed by atoms with Gasteiger partial charge >= 0.3 is 0 Å². The molecule has 0 atom stereocenters. The van der Waals surface area contributed by atoms with Crippen LogP contribution in [0.2, 0.25) is 0 Å². The molecule has 0 bridgehead atoms. The highest BCUT2D eigenvalue weighted by Crippen LogP contribution is 2.26. The summed E-state index contributed by atoms with van der Waals surface area (Å²) < 4.78 is 6.34. The van der Waals surface area contributed by atoms with Gasteiger partial charge in [-0.25, -0.2) is 9.97 Å². The molecule has 0 spiro atoms. The summed E-state index contributed by atoms with van der Waals surface area (Å²) in [5.41, 5.74) is 0.788. The number of morpholine rings is 1. The molecule has 0 N–H and O–H groups in total. The normalized spacial score (nSPS) is 17.2. The van der Waals surface area contributed by atoms with Crippen LogP contribution in [-0.4, -0.2) is 41.3 Å². The monoisotopic (exact) mass is 222 g/mol. The molecule has 1 fully saturated rings. The third-order valence-electron chi connectivity index (χ3n) is 2.34. The second-order valence-electron chi connectivity index (χ2n) is 3.31. The molecule has 3 heterocycles. The molecule has 1 saturated heterocycles. The van der Waals surface area contributed by atoms with E-state index in [2.05, 4.69) is 19.9 Å². The molecule has 6 heteroatoms. The van der Waals surface area contributed by atoms with Crippen LogP contribution in [0.15, 0.2) is 12.5 Å². The second kappa shape index (κ2) is 3.71. The Bertz CT molecular complexity index is 433. The van der Waals surface area contributed by atoms with Crippen molar-refractivity contribution in [3.63, 3.8) is 0 Å². The highest BCUT2D eigenvalue weighted by molar-refractivity contribution is 7.22. The highest BCUT2D eigenvalue weighted by Gasteiger charge is 2.15. The summed E-state index contributed by atoms with van der Waals surface area (Å²) in [7, 11) is 0. The first-order valence-corrected chi connectivity index (χ1v) is 5.64. The van der Waals surface area contributed by atoms with E-state index in [0.29, 0.717) is 0 Å². The maximum atomic E-state index is 5.30. The lowest BCUT2D eigenvalue weighted by Gasteiger charge is -2.25. The van der Waals surface area contributed by atoms with Crippen LogP contribution in [0.25, 0.3) is 10.3 Å². The Morgan fingerprint density at radius 1 is 1.33 bits per heavy atom. The number of rotatable bonds is 1. The molecule has 1 aliphatic rings. The molecule has 15 heavy (non-hydrogen) atoms. The number of hydrogen-bond donors (Lipinski definition) is 0. The predicted molar refractivity (Wildman–Crippen MR) is 58.2 cm³/mol. The van der Waals surface area contributed by atoms with Crippen LogP contribution in [0.1, 0.15) is 0 Å². The number of thiazole rings is 1. The van der Waals surface area contributed by atoms with E-state index in [4.69, 9.17) is 4.74 Å². The molecule has 2 aromatic rings. The summed E-state index contributed by atoms with van der Waals surface area (Å²) in [6.07, 6.45) is 3.34. The molecule has 0 unspecified atom stereocenters. The van der Waals surface area contributed by atoms with E-state index in [-0.39, 0.29) is 0 Å². The average Bonchev–Trinajstić information content (AvgIpc) is 2.74. The number of hydrogen-bond acceptors (Lipinski definition) is 6. The maximum Gasteiger partial charge on any atom is 0.188 e. The van der Waals surface area contributed by atoms with Crippen molar-refractivity contribution in [2.45, 2.75) is 0 Å². The molecule has 3 rings (SSSR count). The van der Waals surface area contributed by atoms with Gasteiger partial charge in [-0.15, -0.1) is 0 Å². The maximum absolute atomic E-state index is 5.30. The first-order chi connectivity index (χ1) is 7.43. The molecule has 0 aliphatic carbocycles. The minimum atomic E-state index is 0.779. The van der Waals surface area contributed by atoms with Crippen molar-refractivity contribution < 1.29 is 4.74 Å². The number of fused-ring (bicyclic) bond motifs is 1. The third-order valence-corrected chi connectivity index (χ3v) is 3.38. The van der Waals surface area contributed by atoms with Crippen LogP contribution >= 0.6 is 11.3 Å². The largest absolute Gasteiger partial charge is 0.378 e. The van der Waals surface area contributed by atoms with Gasteiger partial charge in [0, 0.05) is 19.3 Å². The van der Waals surface area contributed by atoms with E-state index in [1.807, 2.05) is 6.20 Å². The summed E-state index contributed by atoms with van der Waals surface area (Å²) in [4.78, 5) is 14.8. The molecule has 0 aromatic carbocycles. The molecule has 0 radical (unpaired) electrons. The fourth-order valence-corrected chi connectivity index (χ4v) is 2.51. The fraction of sp³-hybridized carbons (Fsp3) is 0.444. The van der Waals surface area contributed by atoms with Gasteiger partial charge in [0.2, 0.25) is 0 Å². The molecule has 5 nitrogen and oxygen atoms in total. The van der Waals surface area contributed by atoms with Gasteiger partial charge in [-0.2, -0.15) is 4.98 Å². The van der Waals surface area contributed by atoms with Crippen molar-refractivity contribution in [2.24, 2.45) is 0 Å². The van der Waals surface area contributed by atoms with Gasteiger partial charge in [-0.05, 0) is 0 Å². The van der Waals surface area contributed by atoms with Gasteiger partial charge in [-0.3, -0.25) is 0 Å². The Morgan fingerprint density at radius 3 is 3.00 bits per heavy atom. The van der Waals surface area contributed by atoms with Crippen LogP contribution < -0.4 is 4.90 Å². The van der Waals surface area contributed by atoms with Crippen LogP contribution in [0.5, 0.6) is 0 Å². The number of nitrogens with zero attached hydrogens (tertiary/aromatic N) is 4. The predicted octanol–water partition coefficient (Wildman–Crippen LogP) is 0.923. The van der Waals surface area contributed by atoms with Crippen molar-refractivity contribution in [1.29, 1.82) is 0 Å². The molecule has 0 amide bonds. The number of anilines is 1. The molecular weight excluding hydrogens is 212 g/mol. The van der Waals surface area contributed by atoms with Gasteiger partial charge in [0.1, 0.15) is 6.33 Å². The molecule has 2 aromatic heterocycles. The minimum absolute atomic E-state index is 0.779. The summed E-state index contributed by atoms with van der Waals surface area (Å²) in [6.45, 7) is 3.38. The van der Waals surface area contributed by atoms with E-state index in [0.717, 1.165) is 41.8 Å². The van der Waals surface area contributed by atoms with E-state index in [9.17, 15) is 0 Å². The van der Waals surface area contributed by atoms with Crippen molar-refractivity contribution in [3.05, 3.63) is 12.5 Å². The second-order valence-corrected chi connectivity index (χ2v) is 4.32. The van der Waals surface area contributed by atoms with E-state index >= 15 is 0 Å². The molecule has 1 aliphatic heterocycles. The quantitative estimate of drug-likeness (QED) is 0.718. The van der Waals surface area contributed by atoms with Crippen molar-refractivity contribution in [1.82, 2.24) is 15.0 Å².